The van der Waals surface area contributed by atoms with Crippen LogP contribution in [0.5, 0.6) is 0 Å². The first kappa shape index (κ1) is 15.4. The molecule has 22 heavy (non-hydrogen) atoms. The van der Waals surface area contributed by atoms with Crippen LogP contribution in [0.2, 0.25) is 0 Å². The largest absolute Gasteiger partial charge is 0.379 e. The number of carbonyl (C=O) groups is 1. The minimum atomic E-state index is 0.310. The van der Waals surface area contributed by atoms with Crippen molar-refractivity contribution < 1.29 is 9.53 Å². The van der Waals surface area contributed by atoms with E-state index in [0.29, 0.717) is 24.5 Å². The van der Waals surface area contributed by atoms with Crippen LogP contribution >= 0.6 is 0 Å². The average Bonchev–Trinajstić information content (AvgIpc) is 2.56. The number of carbonyl (C=O) groups excluding carboxylic acids is 1. The maximum atomic E-state index is 12.0. The monoisotopic (exact) mass is 300 g/mol. The third kappa shape index (κ3) is 4.24. The van der Waals surface area contributed by atoms with Crippen molar-refractivity contribution in [1.29, 1.82) is 0 Å². The van der Waals surface area contributed by atoms with E-state index in [0.717, 1.165) is 51.5 Å². The van der Waals surface area contributed by atoms with Gasteiger partial charge in [0, 0.05) is 38.2 Å². The molecule has 1 saturated heterocycles. The van der Waals surface area contributed by atoms with Gasteiger partial charge in [0.15, 0.2) is 0 Å². The van der Waals surface area contributed by atoms with Crippen molar-refractivity contribution in [3.05, 3.63) is 35.9 Å². The number of ether oxygens (including phenoxy) is 1. The molecule has 0 unspecified atom stereocenters. The number of morpholine rings is 1. The van der Waals surface area contributed by atoms with E-state index in [1.165, 1.54) is 5.56 Å². The van der Waals surface area contributed by atoms with Crippen molar-refractivity contribution in [2.45, 2.75) is 25.2 Å². The Morgan fingerprint density at radius 3 is 2.68 bits per heavy atom. The molecule has 1 saturated carbocycles. The summed E-state index contributed by atoms with van der Waals surface area (Å²) in [7, 11) is 0. The van der Waals surface area contributed by atoms with Crippen LogP contribution in [0.15, 0.2) is 35.3 Å². The Morgan fingerprint density at radius 1 is 1.14 bits per heavy atom. The number of hydrogen-bond acceptors (Lipinski definition) is 4. The van der Waals surface area contributed by atoms with Gasteiger partial charge < -0.3 is 4.74 Å². The second-order valence-electron chi connectivity index (χ2n) is 6.13. The Morgan fingerprint density at radius 2 is 1.91 bits per heavy atom. The van der Waals surface area contributed by atoms with Gasteiger partial charge >= 0.3 is 0 Å². The van der Waals surface area contributed by atoms with Gasteiger partial charge in [0.2, 0.25) is 0 Å². The highest BCUT2D eigenvalue weighted by molar-refractivity contribution is 6.05. The molecule has 3 rings (SSSR count). The summed E-state index contributed by atoms with van der Waals surface area (Å²) < 4.78 is 5.35. The van der Waals surface area contributed by atoms with Gasteiger partial charge in [-0.3, -0.25) is 14.7 Å². The summed E-state index contributed by atoms with van der Waals surface area (Å²) in [4.78, 5) is 19.1. The van der Waals surface area contributed by atoms with Gasteiger partial charge in [0.1, 0.15) is 5.78 Å². The van der Waals surface area contributed by atoms with Crippen molar-refractivity contribution in [2.75, 3.05) is 39.4 Å². The second-order valence-corrected chi connectivity index (χ2v) is 6.13. The molecule has 0 N–H and O–H groups in total. The normalized spacial score (nSPS) is 25.5. The van der Waals surface area contributed by atoms with Crippen molar-refractivity contribution in [2.24, 2.45) is 4.99 Å². The van der Waals surface area contributed by atoms with E-state index in [4.69, 9.17) is 9.73 Å². The Balaban J connectivity index is 1.56. The first-order valence-corrected chi connectivity index (χ1v) is 8.20. The van der Waals surface area contributed by atoms with E-state index < -0.39 is 0 Å². The molecule has 118 valence electrons. The SMILES string of the molecule is O=C1CC(=NCCN2CCOCC2)C[C@@H](c2ccccc2)C1. The minimum absolute atomic E-state index is 0.310. The Kier molecular flexibility index (Phi) is 5.35. The van der Waals surface area contributed by atoms with Crippen LogP contribution in [-0.4, -0.2) is 55.8 Å². The zero-order chi connectivity index (χ0) is 15.2. The highest BCUT2D eigenvalue weighted by atomic mass is 16.5. The van der Waals surface area contributed by atoms with Gasteiger partial charge in [-0.05, 0) is 17.9 Å². The lowest BCUT2D eigenvalue weighted by atomic mass is 9.82. The first-order chi connectivity index (χ1) is 10.8. The zero-order valence-electron chi connectivity index (χ0n) is 13.0. The van der Waals surface area contributed by atoms with E-state index >= 15 is 0 Å². The quantitative estimate of drug-likeness (QED) is 0.857. The summed E-state index contributed by atoms with van der Waals surface area (Å²) >= 11 is 0. The molecule has 4 nitrogen and oxygen atoms in total. The number of benzene rings is 1. The molecular weight excluding hydrogens is 276 g/mol. The number of hydrogen-bond donors (Lipinski definition) is 0. The van der Waals surface area contributed by atoms with Crippen LogP contribution < -0.4 is 0 Å². The molecule has 1 aliphatic heterocycles. The molecule has 0 aromatic heterocycles. The van der Waals surface area contributed by atoms with Gasteiger partial charge in [-0.15, -0.1) is 0 Å². The number of aliphatic imine (C=N–C) groups is 1. The molecule has 1 aromatic rings. The van der Waals surface area contributed by atoms with E-state index in [1.807, 2.05) is 18.2 Å². The molecule has 0 spiro atoms. The van der Waals surface area contributed by atoms with Crippen molar-refractivity contribution in [3.63, 3.8) is 0 Å². The number of Topliss-reactive ketones (excluding diaryl/α,β-unsaturated/α-hetero) is 1. The maximum Gasteiger partial charge on any atom is 0.139 e. The zero-order valence-corrected chi connectivity index (χ0v) is 13.0. The Labute approximate surface area is 132 Å². The smallest absolute Gasteiger partial charge is 0.139 e. The lowest BCUT2D eigenvalue weighted by Crippen LogP contribution is -2.37. The van der Waals surface area contributed by atoms with Crippen molar-refractivity contribution >= 4 is 11.5 Å². The predicted octanol–water partition coefficient (Wildman–Crippen LogP) is 2.30. The summed E-state index contributed by atoms with van der Waals surface area (Å²) in [5, 5.41) is 0. The lowest BCUT2D eigenvalue weighted by molar-refractivity contribution is -0.118. The average molecular weight is 300 g/mol. The van der Waals surface area contributed by atoms with Crippen LogP contribution in [0.4, 0.5) is 0 Å². The van der Waals surface area contributed by atoms with Gasteiger partial charge in [0.25, 0.3) is 0 Å². The van der Waals surface area contributed by atoms with Gasteiger partial charge in [-0.25, -0.2) is 0 Å². The summed E-state index contributed by atoms with van der Waals surface area (Å²) in [5.74, 6) is 0.634. The maximum absolute atomic E-state index is 12.0. The molecule has 0 radical (unpaired) electrons. The molecule has 2 aliphatic rings. The minimum Gasteiger partial charge on any atom is -0.379 e. The first-order valence-electron chi connectivity index (χ1n) is 8.20. The Bertz CT molecular complexity index is 521. The molecule has 0 amide bonds. The summed E-state index contributed by atoms with van der Waals surface area (Å²) in [6.07, 6.45) is 2.14. The Hall–Kier alpha value is -1.52. The fraction of sp³-hybridized carbons (Fsp3) is 0.556. The van der Waals surface area contributed by atoms with Crippen molar-refractivity contribution in [1.82, 2.24) is 4.90 Å². The summed E-state index contributed by atoms with van der Waals surface area (Å²) in [6, 6.07) is 10.3. The third-order valence-corrected chi connectivity index (χ3v) is 4.48. The molecule has 1 atom stereocenters. The van der Waals surface area contributed by atoms with E-state index in [2.05, 4.69) is 17.0 Å². The molecule has 0 bridgehead atoms. The summed E-state index contributed by atoms with van der Waals surface area (Å²) in [6.45, 7) is 5.41. The molecule has 4 heteroatoms. The van der Waals surface area contributed by atoms with Crippen LogP contribution in [-0.2, 0) is 9.53 Å². The highest BCUT2D eigenvalue weighted by Crippen LogP contribution is 2.29. The van der Waals surface area contributed by atoms with Crippen molar-refractivity contribution in [3.8, 4) is 0 Å². The number of nitrogens with zero attached hydrogens (tertiary/aromatic N) is 2. The molecule has 1 heterocycles. The van der Waals surface area contributed by atoms with E-state index in [1.54, 1.807) is 0 Å². The third-order valence-electron chi connectivity index (χ3n) is 4.48. The molecular formula is C18H24N2O2. The van der Waals surface area contributed by atoms with Gasteiger partial charge in [0.05, 0.1) is 19.8 Å². The molecule has 1 aromatic carbocycles. The fourth-order valence-electron chi connectivity index (χ4n) is 3.26. The predicted molar refractivity (Wildman–Crippen MR) is 87.6 cm³/mol. The van der Waals surface area contributed by atoms with Gasteiger partial charge in [-0.2, -0.15) is 0 Å². The highest BCUT2D eigenvalue weighted by Gasteiger charge is 2.25. The lowest BCUT2D eigenvalue weighted by Gasteiger charge is -2.26. The van der Waals surface area contributed by atoms with E-state index in [9.17, 15) is 4.79 Å². The van der Waals surface area contributed by atoms with Crippen LogP contribution in [0.25, 0.3) is 0 Å². The molecule has 2 fully saturated rings. The number of rotatable bonds is 4. The fourth-order valence-corrected chi connectivity index (χ4v) is 3.26. The van der Waals surface area contributed by atoms with Crippen LogP contribution in [0, 0.1) is 0 Å². The van der Waals surface area contributed by atoms with E-state index in [-0.39, 0.29) is 0 Å². The topological polar surface area (TPSA) is 41.9 Å². The number of ketones is 1. The van der Waals surface area contributed by atoms with Gasteiger partial charge in [-0.1, -0.05) is 30.3 Å². The molecule has 1 aliphatic carbocycles. The second kappa shape index (κ2) is 7.65. The van der Waals surface area contributed by atoms with Crippen LogP contribution in [0.3, 0.4) is 0 Å². The standard InChI is InChI=1S/C18H24N2O2/c21-18-13-16(15-4-2-1-3-5-15)12-17(14-18)19-6-7-20-8-10-22-11-9-20/h1-5,16H,6-14H2/t16-/m1/s1. The van der Waals surface area contributed by atoms with Crippen LogP contribution in [0.1, 0.15) is 30.7 Å². The summed E-state index contributed by atoms with van der Waals surface area (Å²) in [5.41, 5.74) is 2.34.